The number of nitriles is 1. The highest BCUT2D eigenvalue weighted by Crippen LogP contribution is 2.41. The summed E-state index contributed by atoms with van der Waals surface area (Å²) in [4.78, 5) is 2.82. The van der Waals surface area contributed by atoms with Gasteiger partial charge < -0.3 is 0 Å². The van der Waals surface area contributed by atoms with E-state index in [0.29, 0.717) is 0 Å². The van der Waals surface area contributed by atoms with Crippen molar-refractivity contribution in [1.29, 1.82) is 5.26 Å². The zero-order chi connectivity index (χ0) is 13.9. The molecule has 0 saturated heterocycles. The minimum absolute atomic E-state index is 0.943. The van der Waals surface area contributed by atoms with Gasteiger partial charge in [-0.15, -0.1) is 0 Å². The number of benzene rings is 2. The van der Waals surface area contributed by atoms with Gasteiger partial charge in [-0.3, -0.25) is 0 Å². The summed E-state index contributed by atoms with van der Waals surface area (Å²) < 4.78 is 0. The summed E-state index contributed by atoms with van der Waals surface area (Å²) in [7, 11) is 0. The number of hydrogen-bond acceptors (Lipinski definition) is 3. The quantitative estimate of drug-likeness (QED) is 0.749. The van der Waals surface area contributed by atoms with Crippen molar-refractivity contribution in [2.45, 2.75) is 18.2 Å². The first kappa shape index (κ1) is 12.8. The molecule has 0 atom stereocenters. The number of anilines is 1. The van der Waals surface area contributed by atoms with Gasteiger partial charge in [-0.1, -0.05) is 55.1 Å². The minimum atomic E-state index is 0.943. The van der Waals surface area contributed by atoms with Crippen LogP contribution in [0.4, 0.5) is 5.69 Å². The first-order valence-electron chi connectivity index (χ1n) is 6.58. The Morgan fingerprint density at radius 2 is 1.85 bits per heavy atom. The minimum Gasteiger partial charge on any atom is -0.245 e. The number of rotatable bonds is 2. The monoisotopic (exact) mass is 278 g/mol. The molecule has 0 aromatic heterocycles. The molecule has 1 aliphatic rings. The number of aryl methyl sites for hydroxylation is 1. The molecule has 0 fully saturated rings. The molecule has 0 bridgehead atoms. The van der Waals surface area contributed by atoms with E-state index in [4.69, 9.17) is 0 Å². The Labute approximate surface area is 123 Å². The van der Waals surface area contributed by atoms with Crippen molar-refractivity contribution in [3.63, 3.8) is 0 Å². The molecule has 0 amide bonds. The largest absolute Gasteiger partial charge is 0.245 e. The van der Waals surface area contributed by atoms with Crippen molar-refractivity contribution in [2.24, 2.45) is 0 Å². The molecule has 0 radical (unpaired) electrons. The van der Waals surface area contributed by atoms with Crippen LogP contribution in [0.3, 0.4) is 0 Å². The van der Waals surface area contributed by atoms with Crippen molar-refractivity contribution in [1.82, 2.24) is 0 Å². The maximum absolute atomic E-state index is 9.50. The van der Waals surface area contributed by atoms with Crippen LogP contribution in [0.15, 0.2) is 58.8 Å². The van der Waals surface area contributed by atoms with E-state index in [9.17, 15) is 5.26 Å². The van der Waals surface area contributed by atoms with E-state index in [2.05, 4.69) is 37.4 Å². The molecular weight excluding hydrogens is 264 g/mol. The third-order valence-corrected chi connectivity index (χ3v) is 4.34. The highest BCUT2D eigenvalue weighted by atomic mass is 32.2. The van der Waals surface area contributed by atoms with Gasteiger partial charge in [-0.05, 0) is 29.7 Å². The number of fused-ring (bicyclic) bond motifs is 1. The first-order valence-corrected chi connectivity index (χ1v) is 7.46. The van der Waals surface area contributed by atoms with Crippen molar-refractivity contribution >= 4 is 23.1 Å². The lowest BCUT2D eigenvalue weighted by Crippen LogP contribution is -2.17. The Morgan fingerprint density at radius 3 is 2.55 bits per heavy atom. The van der Waals surface area contributed by atoms with E-state index in [1.165, 1.54) is 5.56 Å². The van der Waals surface area contributed by atoms with E-state index >= 15 is 0 Å². The molecule has 2 aromatic rings. The second kappa shape index (κ2) is 5.44. The van der Waals surface area contributed by atoms with Gasteiger partial charge in [0.25, 0.3) is 0 Å². The van der Waals surface area contributed by atoms with E-state index in [1.54, 1.807) is 16.7 Å². The molecule has 20 heavy (non-hydrogen) atoms. The average molecular weight is 278 g/mol. The van der Waals surface area contributed by atoms with Crippen LogP contribution in [-0.2, 0) is 6.42 Å². The van der Waals surface area contributed by atoms with Gasteiger partial charge in [-0.25, -0.2) is 4.90 Å². The van der Waals surface area contributed by atoms with Crippen LogP contribution in [0.25, 0.3) is 5.70 Å². The van der Waals surface area contributed by atoms with Gasteiger partial charge in [0.2, 0.25) is 0 Å². The predicted octanol–water partition coefficient (Wildman–Crippen LogP) is 4.64. The molecule has 0 saturated carbocycles. The Hall–Kier alpha value is -2.18. The normalized spacial score (nSPS) is 13.4. The topological polar surface area (TPSA) is 27.0 Å². The summed E-state index contributed by atoms with van der Waals surface area (Å²) in [6.45, 7) is 2.14. The van der Waals surface area contributed by atoms with Crippen LogP contribution in [0.5, 0.6) is 0 Å². The smallest absolute Gasteiger partial charge is 0.189 e. The third kappa shape index (κ3) is 2.19. The number of hydrogen-bond donors (Lipinski definition) is 0. The number of para-hydroxylation sites is 1. The van der Waals surface area contributed by atoms with Gasteiger partial charge >= 0.3 is 0 Å². The third-order valence-electron chi connectivity index (χ3n) is 3.40. The second-order valence-electron chi connectivity index (χ2n) is 4.57. The molecule has 1 heterocycles. The van der Waals surface area contributed by atoms with Gasteiger partial charge in [0.05, 0.1) is 11.4 Å². The van der Waals surface area contributed by atoms with Crippen molar-refractivity contribution in [3.8, 4) is 6.19 Å². The Kier molecular flexibility index (Phi) is 3.49. The molecule has 3 heteroatoms. The lowest BCUT2D eigenvalue weighted by Gasteiger charge is -2.25. The van der Waals surface area contributed by atoms with E-state index in [1.807, 2.05) is 29.7 Å². The van der Waals surface area contributed by atoms with Crippen LogP contribution in [0, 0.1) is 11.5 Å². The van der Waals surface area contributed by atoms with Crippen LogP contribution < -0.4 is 4.90 Å². The molecule has 0 unspecified atom stereocenters. The highest BCUT2D eigenvalue weighted by Gasteiger charge is 2.21. The Balaban J connectivity index is 2.02. The van der Waals surface area contributed by atoms with Crippen molar-refractivity contribution in [3.05, 3.63) is 65.1 Å². The number of nitrogens with zero attached hydrogens (tertiary/aromatic N) is 2. The molecule has 2 nitrogen and oxygen atoms in total. The highest BCUT2D eigenvalue weighted by molar-refractivity contribution is 8.02. The molecule has 0 N–H and O–H groups in total. The van der Waals surface area contributed by atoms with E-state index in [-0.39, 0.29) is 0 Å². The first-order chi connectivity index (χ1) is 9.83. The molecule has 0 aliphatic carbocycles. The standard InChI is InChI=1S/C17H14N2S/c1-2-13-7-9-14(10-8-13)16-11-20-17-6-4-3-5-15(17)19(16)12-18/h3-11H,2H2,1H3. The SMILES string of the molecule is CCc1ccc(C2=CSc3ccccc3N2C#N)cc1. The summed E-state index contributed by atoms with van der Waals surface area (Å²) in [5.74, 6) is 0. The van der Waals surface area contributed by atoms with Gasteiger partial charge in [0, 0.05) is 10.3 Å². The zero-order valence-electron chi connectivity index (χ0n) is 11.2. The lowest BCUT2D eigenvalue weighted by molar-refractivity contribution is 1.14. The predicted molar refractivity (Wildman–Crippen MR) is 84.2 cm³/mol. The van der Waals surface area contributed by atoms with E-state index < -0.39 is 0 Å². The van der Waals surface area contributed by atoms with Crippen LogP contribution in [0.1, 0.15) is 18.1 Å². The number of thioether (sulfide) groups is 1. The molecule has 3 rings (SSSR count). The van der Waals surface area contributed by atoms with Crippen LogP contribution >= 0.6 is 11.8 Å². The zero-order valence-corrected chi connectivity index (χ0v) is 12.0. The fourth-order valence-electron chi connectivity index (χ4n) is 2.26. The fraction of sp³-hybridized carbons (Fsp3) is 0.118. The Bertz CT molecular complexity index is 696. The van der Waals surface area contributed by atoms with E-state index in [0.717, 1.165) is 28.3 Å². The summed E-state index contributed by atoms with van der Waals surface area (Å²) in [6.07, 6.45) is 3.32. The average Bonchev–Trinajstić information content (AvgIpc) is 2.54. The maximum Gasteiger partial charge on any atom is 0.189 e. The van der Waals surface area contributed by atoms with Crippen LogP contribution in [-0.4, -0.2) is 0 Å². The van der Waals surface area contributed by atoms with Gasteiger partial charge in [0.1, 0.15) is 0 Å². The molecule has 0 spiro atoms. The molecule has 1 aliphatic heterocycles. The molecule has 98 valence electrons. The molecular formula is C17H14N2S. The van der Waals surface area contributed by atoms with Gasteiger partial charge in [-0.2, -0.15) is 5.26 Å². The summed E-state index contributed by atoms with van der Waals surface area (Å²) in [6, 6.07) is 16.4. The van der Waals surface area contributed by atoms with Gasteiger partial charge in [0.15, 0.2) is 6.19 Å². The van der Waals surface area contributed by atoms with Crippen LogP contribution in [0.2, 0.25) is 0 Å². The summed E-state index contributed by atoms with van der Waals surface area (Å²) in [5.41, 5.74) is 4.28. The second-order valence-corrected chi connectivity index (χ2v) is 5.49. The summed E-state index contributed by atoms with van der Waals surface area (Å²) in [5, 5.41) is 11.5. The Morgan fingerprint density at radius 1 is 1.10 bits per heavy atom. The van der Waals surface area contributed by atoms with Crippen molar-refractivity contribution in [2.75, 3.05) is 4.90 Å². The lowest BCUT2D eigenvalue weighted by atomic mass is 10.1. The fourth-order valence-corrected chi connectivity index (χ4v) is 3.18. The van der Waals surface area contributed by atoms with Crippen molar-refractivity contribution < 1.29 is 0 Å². The molecule has 2 aromatic carbocycles. The summed E-state index contributed by atoms with van der Waals surface area (Å²) >= 11 is 1.67. The maximum atomic E-state index is 9.50.